The summed E-state index contributed by atoms with van der Waals surface area (Å²) in [5, 5.41) is 0. The first-order chi connectivity index (χ1) is 8.79. The third-order valence-electron chi connectivity index (χ3n) is 1.69. The number of hydrogen-bond acceptors (Lipinski definition) is 1. The molecule has 20 heavy (non-hydrogen) atoms. The van der Waals surface area contributed by atoms with Gasteiger partial charge in [0.25, 0.3) is 0 Å². The molecule has 0 amide bonds. The quantitative estimate of drug-likeness (QED) is 0.282. The maximum absolute atomic E-state index is 7.87. The van der Waals surface area contributed by atoms with Gasteiger partial charge in [0.05, 0.1) is 0 Å². The van der Waals surface area contributed by atoms with E-state index in [0.717, 1.165) is 11.1 Å². The second-order valence-electron chi connectivity index (χ2n) is 3.48. The standard InChI is InChI=1S/2C7H7.H3O2PS2.Zn/c2*1-7-5-3-2-4-6-7;1-3(2,4)5;/h2*2-6H,1H2;(H3,1,2,4,5);/q2*-1;;+2. The van der Waals surface area contributed by atoms with Crippen LogP contribution < -0.4 is 0 Å². The van der Waals surface area contributed by atoms with Gasteiger partial charge in [0.2, 0.25) is 5.69 Å². The molecule has 0 aromatic heterocycles. The molecule has 0 fully saturated rings. The Morgan fingerprint density at radius 1 is 0.800 bits per heavy atom. The Labute approximate surface area is 144 Å². The van der Waals surface area contributed by atoms with Gasteiger partial charge in [-0.3, -0.25) is 0 Å². The number of hydrogen-bond donors (Lipinski definition) is 3. The molecule has 2 N–H and O–H groups in total. The fourth-order valence-electron chi connectivity index (χ4n) is 0.956. The molecule has 6 heteroatoms. The largest absolute Gasteiger partial charge is 2.00 e. The fourth-order valence-corrected chi connectivity index (χ4v) is 0.956. The van der Waals surface area contributed by atoms with Crippen LogP contribution in [0.1, 0.15) is 11.1 Å². The molecule has 0 unspecified atom stereocenters. The first-order valence-corrected chi connectivity index (χ1v) is 9.17. The van der Waals surface area contributed by atoms with Crippen molar-refractivity contribution < 1.29 is 29.3 Å². The minimum Gasteiger partial charge on any atom is -0.338 e. The van der Waals surface area contributed by atoms with Crippen LogP contribution in [0, 0.1) is 13.8 Å². The molecule has 2 aromatic rings. The molecule has 2 nitrogen and oxygen atoms in total. The summed E-state index contributed by atoms with van der Waals surface area (Å²) in [6.45, 7) is 7.44. The molecule has 0 atom stereocenters. The van der Waals surface area contributed by atoms with E-state index >= 15 is 0 Å². The topological polar surface area (TPSA) is 40.5 Å². The zero-order chi connectivity index (χ0) is 14.7. The van der Waals surface area contributed by atoms with Crippen LogP contribution in [0.5, 0.6) is 0 Å². The first kappa shape index (κ1) is 22.0. The van der Waals surface area contributed by atoms with Crippen molar-refractivity contribution >= 4 is 29.7 Å². The summed E-state index contributed by atoms with van der Waals surface area (Å²) >= 11 is 7.07. The average Bonchev–Trinajstić information content (AvgIpc) is 2.29. The molecule has 0 bridgehead atoms. The predicted molar refractivity (Wildman–Crippen MR) is 89.5 cm³/mol. The molecule has 104 valence electrons. The number of benzene rings is 2. The Balaban J connectivity index is 0. The minimum absolute atomic E-state index is 0. The van der Waals surface area contributed by atoms with E-state index in [2.05, 4.69) is 37.9 Å². The smallest absolute Gasteiger partial charge is 0.338 e. The second kappa shape index (κ2) is 12.5. The summed E-state index contributed by atoms with van der Waals surface area (Å²) in [6, 6.07) is 19.7. The third-order valence-corrected chi connectivity index (χ3v) is 1.69. The van der Waals surface area contributed by atoms with E-state index in [-0.39, 0.29) is 19.5 Å². The molecular weight excluding hydrogens is 361 g/mol. The Hall–Kier alpha value is -0.277. The van der Waals surface area contributed by atoms with Crippen molar-refractivity contribution in [2.24, 2.45) is 0 Å². The normalized spacial score (nSPS) is 8.95. The van der Waals surface area contributed by atoms with Crippen molar-refractivity contribution in [3.8, 4) is 0 Å². The van der Waals surface area contributed by atoms with E-state index in [0.29, 0.717) is 0 Å². The van der Waals surface area contributed by atoms with Crippen LogP contribution in [0.4, 0.5) is 0 Å². The van der Waals surface area contributed by atoms with E-state index in [4.69, 9.17) is 9.79 Å². The predicted octanol–water partition coefficient (Wildman–Crippen LogP) is 3.86. The Bertz CT molecular complexity index is 443. The van der Waals surface area contributed by atoms with E-state index in [1.54, 1.807) is 0 Å². The fraction of sp³-hybridized carbons (Fsp3) is 0. The molecule has 2 aromatic carbocycles. The van der Waals surface area contributed by atoms with E-state index in [1.807, 2.05) is 60.7 Å². The van der Waals surface area contributed by atoms with Crippen LogP contribution in [-0.4, -0.2) is 9.79 Å². The SMILES string of the molecule is OP(O)(=S)S.[CH2-]c1ccccc1.[CH2-]c1ccccc1.[Zn+2]. The van der Waals surface area contributed by atoms with Crippen LogP contribution in [0.15, 0.2) is 60.7 Å². The summed E-state index contributed by atoms with van der Waals surface area (Å²) < 4.78 is 0. The van der Waals surface area contributed by atoms with Gasteiger partial charge in [0, 0.05) is 0 Å². The molecule has 2 rings (SSSR count). The van der Waals surface area contributed by atoms with E-state index in [9.17, 15) is 0 Å². The number of rotatable bonds is 0. The van der Waals surface area contributed by atoms with Crippen LogP contribution in [0.25, 0.3) is 0 Å². The zero-order valence-electron chi connectivity index (χ0n) is 11.1. The van der Waals surface area contributed by atoms with Gasteiger partial charge in [0.15, 0.2) is 0 Å². The van der Waals surface area contributed by atoms with Gasteiger partial charge in [-0.05, 0) is 11.8 Å². The van der Waals surface area contributed by atoms with Crippen molar-refractivity contribution in [2.75, 3.05) is 0 Å². The summed E-state index contributed by atoms with van der Waals surface area (Å²) in [4.78, 5) is 15.7. The average molecular weight is 378 g/mol. The van der Waals surface area contributed by atoms with E-state index < -0.39 is 5.69 Å². The van der Waals surface area contributed by atoms with Gasteiger partial charge >= 0.3 is 19.5 Å². The molecule has 0 aliphatic heterocycles. The first-order valence-electron chi connectivity index (χ1n) is 5.31. The van der Waals surface area contributed by atoms with Crippen LogP contribution >= 0.6 is 17.9 Å². The van der Waals surface area contributed by atoms with Gasteiger partial charge in [0.1, 0.15) is 0 Å². The van der Waals surface area contributed by atoms with Gasteiger partial charge in [-0.2, -0.15) is 49.2 Å². The molecule has 0 aliphatic carbocycles. The Morgan fingerprint density at radius 2 is 1.00 bits per heavy atom. The van der Waals surface area contributed by atoms with Crippen molar-refractivity contribution in [1.82, 2.24) is 0 Å². The van der Waals surface area contributed by atoms with E-state index in [1.165, 1.54) is 0 Å². The molecule has 0 heterocycles. The van der Waals surface area contributed by atoms with Gasteiger partial charge in [-0.1, -0.05) is 24.4 Å². The van der Waals surface area contributed by atoms with Crippen molar-refractivity contribution in [3.05, 3.63) is 85.6 Å². The van der Waals surface area contributed by atoms with Crippen molar-refractivity contribution in [3.63, 3.8) is 0 Å². The Morgan fingerprint density at radius 3 is 1.10 bits per heavy atom. The van der Waals surface area contributed by atoms with Gasteiger partial charge in [-0.15, -0.1) is 24.3 Å². The van der Waals surface area contributed by atoms with Gasteiger partial charge in [-0.25, -0.2) is 0 Å². The maximum Gasteiger partial charge on any atom is 2.00 e. The summed E-state index contributed by atoms with van der Waals surface area (Å²) in [5.41, 5.74) is -0.968. The third kappa shape index (κ3) is 20.0. The van der Waals surface area contributed by atoms with Crippen LogP contribution in [-0.2, 0) is 31.3 Å². The van der Waals surface area contributed by atoms with Gasteiger partial charge < -0.3 is 9.79 Å². The van der Waals surface area contributed by atoms with Crippen molar-refractivity contribution in [2.45, 2.75) is 0 Å². The monoisotopic (exact) mass is 376 g/mol. The summed E-state index contributed by atoms with van der Waals surface area (Å²) in [7, 11) is 0. The van der Waals surface area contributed by atoms with Crippen LogP contribution in [0.3, 0.4) is 0 Å². The Kier molecular flexibility index (Phi) is 13.7. The molecular formula is C14H17O2PS2Zn. The summed E-state index contributed by atoms with van der Waals surface area (Å²) in [6.07, 6.45) is 0. The molecule has 0 saturated heterocycles. The molecule has 0 saturated carbocycles. The maximum atomic E-state index is 7.87. The minimum atomic E-state index is -3.11. The second-order valence-corrected chi connectivity index (χ2v) is 8.52. The van der Waals surface area contributed by atoms with Crippen LogP contribution in [0.2, 0.25) is 0 Å². The molecule has 0 aliphatic rings. The number of thiol groups is 1. The molecule has 0 radical (unpaired) electrons. The zero-order valence-corrected chi connectivity index (χ0v) is 16.7. The summed E-state index contributed by atoms with van der Waals surface area (Å²) in [5.74, 6) is 0. The van der Waals surface area contributed by atoms with Crippen molar-refractivity contribution in [1.29, 1.82) is 0 Å². The molecule has 0 spiro atoms.